The number of rotatable bonds is 4. The first-order valence-electron chi connectivity index (χ1n) is 8.33. The van der Waals surface area contributed by atoms with Crippen LogP contribution in [0.4, 0.5) is 5.82 Å². The number of para-hydroxylation sites is 1. The van der Waals surface area contributed by atoms with Gasteiger partial charge in [-0.2, -0.15) is 5.10 Å². The lowest BCUT2D eigenvalue weighted by atomic mass is 10.2. The maximum absolute atomic E-state index is 12.4. The van der Waals surface area contributed by atoms with Crippen molar-refractivity contribution in [2.45, 2.75) is 18.7 Å². The van der Waals surface area contributed by atoms with Gasteiger partial charge in [0.15, 0.2) is 15.7 Å². The van der Waals surface area contributed by atoms with E-state index in [0.717, 1.165) is 5.69 Å². The monoisotopic (exact) mass is 401 g/mol. The number of sulfone groups is 1. The summed E-state index contributed by atoms with van der Waals surface area (Å²) in [5.41, 5.74) is 1.81. The van der Waals surface area contributed by atoms with Crippen molar-refractivity contribution in [3.05, 3.63) is 60.2 Å². The van der Waals surface area contributed by atoms with Gasteiger partial charge < -0.3 is 14.8 Å². The van der Waals surface area contributed by atoms with E-state index in [2.05, 4.69) is 25.7 Å². The molecule has 0 spiro atoms. The second-order valence-corrected chi connectivity index (χ2v) is 8.03. The van der Waals surface area contributed by atoms with Gasteiger partial charge in [-0.1, -0.05) is 23.4 Å². The zero-order valence-electron chi connectivity index (χ0n) is 15.3. The van der Waals surface area contributed by atoms with Crippen molar-refractivity contribution in [2.75, 3.05) is 11.1 Å². The van der Waals surface area contributed by atoms with Crippen molar-refractivity contribution in [3.8, 4) is 0 Å². The molecule has 1 amide bonds. The molecule has 0 unspecified atom stereocenters. The van der Waals surface area contributed by atoms with Gasteiger partial charge in [-0.05, 0) is 26.0 Å². The highest BCUT2D eigenvalue weighted by atomic mass is 32.2. The quantitative estimate of drug-likeness (QED) is 0.481. The summed E-state index contributed by atoms with van der Waals surface area (Å²) >= 11 is 0. The summed E-state index contributed by atoms with van der Waals surface area (Å²) in [6.45, 7) is 3.64. The van der Waals surface area contributed by atoms with Gasteiger partial charge in [0.2, 0.25) is 5.91 Å². The number of nitrogens with zero attached hydrogens (tertiary/aromatic N) is 2. The smallest absolute Gasteiger partial charge is 0.241 e. The van der Waals surface area contributed by atoms with E-state index in [0.29, 0.717) is 16.7 Å². The molecule has 1 aromatic carbocycles. The van der Waals surface area contributed by atoms with Crippen molar-refractivity contribution in [3.63, 3.8) is 0 Å². The Balaban J connectivity index is 0.000000320. The van der Waals surface area contributed by atoms with Crippen molar-refractivity contribution in [1.82, 2.24) is 20.3 Å². The number of fused-ring (bicyclic) bond motifs is 1. The molecule has 0 saturated heterocycles. The zero-order chi connectivity index (χ0) is 20.1. The van der Waals surface area contributed by atoms with Crippen LogP contribution in [0.15, 0.2) is 58.2 Å². The highest BCUT2D eigenvalue weighted by molar-refractivity contribution is 7.92. The van der Waals surface area contributed by atoms with E-state index < -0.39 is 21.5 Å². The first-order chi connectivity index (χ1) is 13.3. The van der Waals surface area contributed by atoms with Crippen molar-refractivity contribution >= 4 is 32.5 Å². The fourth-order valence-electron chi connectivity index (χ4n) is 2.48. The Morgan fingerprint density at radius 2 is 2.00 bits per heavy atom. The van der Waals surface area contributed by atoms with Gasteiger partial charge in [0.1, 0.15) is 11.5 Å². The third-order valence-electron chi connectivity index (χ3n) is 3.74. The van der Waals surface area contributed by atoms with Crippen LogP contribution in [0, 0.1) is 13.8 Å². The highest BCUT2D eigenvalue weighted by Gasteiger charge is 2.23. The van der Waals surface area contributed by atoms with Gasteiger partial charge in [0.05, 0.1) is 4.90 Å². The molecule has 0 bridgehead atoms. The number of aryl methyl sites for hydroxylation is 2. The molecule has 146 valence electrons. The van der Waals surface area contributed by atoms with Gasteiger partial charge in [0, 0.05) is 35.1 Å². The topological polar surface area (TPSA) is 134 Å². The molecule has 3 N–H and O–H groups in total. The minimum absolute atomic E-state index is 0.106. The lowest BCUT2D eigenvalue weighted by Gasteiger charge is -2.03. The first kappa shape index (κ1) is 19.4. The van der Waals surface area contributed by atoms with Gasteiger partial charge >= 0.3 is 0 Å². The molecule has 3 aromatic heterocycles. The fraction of sp³-hybridized carbons (Fsp3) is 0.167. The van der Waals surface area contributed by atoms with E-state index in [1.807, 2.05) is 13.0 Å². The number of hydrogen-bond acceptors (Lipinski definition) is 6. The molecule has 0 atom stereocenters. The third kappa shape index (κ3) is 4.65. The third-order valence-corrected chi connectivity index (χ3v) is 5.39. The molecule has 0 saturated carbocycles. The molecule has 0 radical (unpaired) electrons. The maximum atomic E-state index is 12.4. The van der Waals surface area contributed by atoms with Crippen LogP contribution >= 0.6 is 0 Å². The van der Waals surface area contributed by atoms with Crippen LogP contribution in [0.3, 0.4) is 0 Å². The molecular weight excluding hydrogens is 382 g/mol. The van der Waals surface area contributed by atoms with Crippen LogP contribution in [0.25, 0.3) is 10.9 Å². The minimum Gasteiger partial charge on any atom is -0.360 e. The normalized spacial score (nSPS) is 11.1. The molecule has 4 aromatic rings. The summed E-state index contributed by atoms with van der Waals surface area (Å²) < 4.78 is 29.6. The van der Waals surface area contributed by atoms with Gasteiger partial charge in [-0.25, -0.2) is 8.42 Å². The van der Waals surface area contributed by atoms with Crippen LogP contribution in [0.2, 0.25) is 0 Å². The Morgan fingerprint density at radius 3 is 2.61 bits per heavy atom. The summed E-state index contributed by atoms with van der Waals surface area (Å²) in [4.78, 5) is 14.9. The number of anilines is 1. The Morgan fingerprint density at radius 1 is 1.21 bits per heavy atom. The molecule has 9 nitrogen and oxygen atoms in total. The molecule has 4 rings (SSSR count). The summed E-state index contributed by atoms with van der Waals surface area (Å²) in [5.74, 6) is -0.620. The van der Waals surface area contributed by atoms with Gasteiger partial charge in [0.25, 0.3) is 0 Å². The van der Waals surface area contributed by atoms with Crippen molar-refractivity contribution < 1.29 is 17.7 Å². The van der Waals surface area contributed by atoms with Gasteiger partial charge in [-0.15, -0.1) is 0 Å². The summed E-state index contributed by atoms with van der Waals surface area (Å²) in [6.07, 6.45) is 3.13. The number of H-pyrrole nitrogens is 2. The lowest BCUT2D eigenvalue weighted by Crippen LogP contribution is -2.23. The van der Waals surface area contributed by atoms with Crippen LogP contribution < -0.4 is 5.32 Å². The lowest BCUT2D eigenvalue weighted by molar-refractivity contribution is -0.113. The number of carbonyl (C=O) groups is 1. The van der Waals surface area contributed by atoms with E-state index in [1.54, 1.807) is 37.4 Å². The molecule has 3 heterocycles. The Kier molecular flexibility index (Phi) is 5.59. The van der Waals surface area contributed by atoms with Crippen LogP contribution in [-0.2, 0) is 14.6 Å². The van der Waals surface area contributed by atoms with E-state index >= 15 is 0 Å². The molecular formula is C18H19N5O4S. The number of nitrogens with one attached hydrogen (secondary N) is 3. The number of benzene rings is 1. The summed E-state index contributed by atoms with van der Waals surface area (Å²) in [7, 11) is -3.76. The average Bonchev–Trinajstić information content (AvgIpc) is 3.36. The molecule has 10 heteroatoms. The fourth-order valence-corrected chi connectivity index (χ4v) is 3.81. The molecule has 0 fully saturated rings. The predicted octanol–water partition coefficient (Wildman–Crippen LogP) is 2.59. The molecule has 28 heavy (non-hydrogen) atoms. The molecule has 0 aliphatic rings. The van der Waals surface area contributed by atoms with E-state index in [9.17, 15) is 13.2 Å². The Bertz CT molecular complexity index is 1180. The summed E-state index contributed by atoms with van der Waals surface area (Å²) in [6, 6.07) is 10.4. The highest BCUT2D eigenvalue weighted by Crippen LogP contribution is 2.23. The SMILES string of the molecule is Cc1cc(NC(=O)CS(=O)(=O)c2c[nH]c3ccccc23)no1.Cc1ccn[nH]1. The summed E-state index contributed by atoms with van der Waals surface area (Å²) in [5, 5.41) is 13.0. The average molecular weight is 401 g/mol. The zero-order valence-corrected chi connectivity index (χ0v) is 16.1. The maximum Gasteiger partial charge on any atom is 0.241 e. The van der Waals surface area contributed by atoms with Crippen LogP contribution in [0.1, 0.15) is 11.5 Å². The second-order valence-electron chi connectivity index (χ2n) is 6.07. The minimum atomic E-state index is -3.76. The van der Waals surface area contributed by atoms with Crippen LogP contribution in [-0.4, -0.2) is 40.4 Å². The number of carbonyl (C=O) groups excluding carboxylic acids is 1. The Labute approximate surface area is 161 Å². The van der Waals surface area contributed by atoms with Crippen molar-refractivity contribution in [2.24, 2.45) is 0 Å². The van der Waals surface area contributed by atoms with Crippen molar-refractivity contribution in [1.29, 1.82) is 0 Å². The largest absolute Gasteiger partial charge is 0.360 e. The van der Waals surface area contributed by atoms with Crippen LogP contribution in [0.5, 0.6) is 0 Å². The van der Waals surface area contributed by atoms with E-state index in [1.165, 1.54) is 12.3 Å². The number of aromatic amines is 2. The standard InChI is InChI=1S/C14H13N3O4S.C4H6N2/c1-9-6-13(17-21-9)16-14(18)8-22(19,20)12-7-15-11-5-3-2-4-10(11)12;1-4-2-3-5-6-4/h2-7,15H,8H2,1H3,(H,16,17,18);2-3H,1H3,(H,5,6). The number of hydrogen-bond donors (Lipinski definition) is 3. The predicted molar refractivity (Wildman–Crippen MR) is 104 cm³/mol. The van der Waals surface area contributed by atoms with Gasteiger partial charge in [-0.3, -0.25) is 9.89 Å². The number of aromatic nitrogens is 4. The number of amides is 1. The molecule has 0 aliphatic heterocycles. The molecule has 0 aliphatic carbocycles. The van der Waals surface area contributed by atoms with E-state index in [4.69, 9.17) is 4.52 Å². The van der Waals surface area contributed by atoms with E-state index in [-0.39, 0.29) is 10.7 Å². The second kappa shape index (κ2) is 8.09. The Hall–Kier alpha value is -3.40. The first-order valence-corrected chi connectivity index (χ1v) is 9.98.